The minimum Gasteiger partial charge on any atom is -1.00 e. The van der Waals surface area contributed by atoms with Crippen LogP contribution in [0.15, 0.2) is 18.2 Å². The molecule has 0 bridgehead atoms. The Hall–Kier alpha value is -0.530. The van der Waals surface area contributed by atoms with Crippen molar-refractivity contribution in [3.8, 4) is 0 Å². The standard InChI is InChI=1S/C30H56N.ClH/c1-6-10-11-12-13-14-15-16-17-18-19-20-21-22-23-29-25-24-28(5)30(26-29)27-31(7-2,8-3)9-4;/h24-26H,6-23,27H2,1-5H3;1H/q+1;/p-1. The highest BCUT2D eigenvalue weighted by atomic mass is 35.5. The molecule has 0 amide bonds. The predicted molar refractivity (Wildman–Crippen MR) is 141 cm³/mol. The molecule has 0 radical (unpaired) electrons. The van der Waals surface area contributed by atoms with E-state index in [0.29, 0.717) is 0 Å². The van der Waals surface area contributed by atoms with Crippen molar-refractivity contribution in [2.45, 2.75) is 137 Å². The normalized spacial score (nSPS) is 11.5. The maximum absolute atomic E-state index is 2.52. The van der Waals surface area contributed by atoms with E-state index in [1.54, 1.807) is 11.1 Å². The number of halogens is 1. The zero-order valence-corrected chi connectivity index (χ0v) is 23.2. The van der Waals surface area contributed by atoms with Crippen LogP contribution >= 0.6 is 0 Å². The highest BCUT2D eigenvalue weighted by molar-refractivity contribution is 5.30. The Balaban J connectivity index is 0.00000961. The lowest BCUT2D eigenvalue weighted by atomic mass is 9.99. The van der Waals surface area contributed by atoms with Gasteiger partial charge in [0.1, 0.15) is 6.54 Å². The van der Waals surface area contributed by atoms with E-state index < -0.39 is 0 Å². The molecular formula is C30H56ClN. The monoisotopic (exact) mass is 465 g/mol. The van der Waals surface area contributed by atoms with Gasteiger partial charge < -0.3 is 16.9 Å². The molecule has 0 heterocycles. The summed E-state index contributed by atoms with van der Waals surface area (Å²) in [5, 5.41) is 0. The van der Waals surface area contributed by atoms with E-state index >= 15 is 0 Å². The Morgan fingerprint density at radius 2 is 1.03 bits per heavy atom. The van der Waals surface area contributed by atoms with Gasteiger partial charge in [0.2, 0.25) is 0 Å². The van der Waals surface area contributed by atoms with Crippen LogP contribution in [0.2, 0.25) is 0 Å². The van der Waals surface area contributed by atoms with E-state index in [1.807, 2.05) is 0 Å². The fourth-order valence-corrected chi connectivity index (χ4v) is 4.94. The Labute approximate surface area is 208 Å². The number of hydrogen-bond acceptors (Lipinski definition) is 0. The number of aryl methyl sites for hydroxylation is 2. The van der Waals surface area contributed by atoms with Crippen molar-refractivity contribution in [1.82, 2.24) is 0 Å². The van der Waals surface area contributed by atoms with Crippen LogP contribution in [0, 0.1) is 6.92 Å². The highest BCUT2D eigenvalue weighted by Crippen LogP contribution is 2.20. The first-order valence-corrected chi connectivity index (χ1v) is 14.0. The van der Waals surface area contributed by atoms with Gasteiger partial charge in [-0.2, -0.15) is 0 Å². The molecular weight excluding hydrogens is 410 g/mol. The fourth-order valence-electron chi connectivity index (χ4n) is 4.94. The van der Waals surface area contributed by atoms with Gasteiger partial charge in [-0.25, -0.2) is 0 Å². The molecule has 0 aliphatic rings. The van der Waals surface area contributed by atoms with E-state index in [0.717, 1.165) is 0 Å². The molecule has 2 heteroatoms. The fraction of sp³-hybridized carbons (Fsp3) is 0.800. The molecule has 188 valence electrons. The molecule has 0 unspecified atom stereocenters. The van der Waals surface area contributed by atoms with Crippen LogP contribution in [0.4, 0.5) is 0 Å². The van der Waals surface area contributed by atoms with Gasteiger partial charge in [0.15, 0.2) is 0 Å². The van der Waals surface area contributed by atoms with E-state index in [1.165, 1.54) is 133 Å². The third kappa shape index (κ3) is 13.2. The number of quaternary nitrogens is 1. The van der Waals surface area contributed by atoms with Crippen LogP contribution in [-0.4, -0.2) is 24.1 Å². The molecule has 1 rings (SSSR count). The first-order chi connectivity index (χ1) is 15.1. The second-order valence-corrected chi connectivity index (χ2v) is 10.1. The number of unbranched alkanes of at least 4 members (excludes halogenated alkanes) is 13. The van der Waals surface area contributed by atoms with Gasteiger partial charge in [-0.1, -0.05) is 103 Å². The summed E-state index contributed by atoms with van der Waals surface area (Å²) in [5.74, 6) is 0. The molecule has 0 aliphatic heterocycles. The molecule has 0 atom stereocenters. The van der Waals surface area contributed by atoms with Crippen LogP contribution in [0.1, 0.15) is 134 Å². The van der Waals surface area contributed by atoms with Gasteiger partial charge in [-0.3, -0.25) is 0 Å². The number of rotatable bonds is 20. The van der Waals surface area contributed by atoms with Gasteiger partial charge in [0, 0.05) is 5.56 Å². The lowest BCUT2D eigenvalue weighted by Crippen LogP contribution is -3.00. The maximum Gasteiger partial charge on any atom is 0.105 e. The smallest absolute Gasteiger partial charge is 0.105 e. The van der Waals surface area contributed by atoms with E-state index in [-0.39, 0.29) is 12.4 Å². The first kappa shape index (κ1) is 31.5. The van der Waals surface area contributed by atoms with Crippen LogP contribution in [0.25, 0.3) is 0 Å². The largest absolute Gasteiger partial charge is 1.00 e. The van der Waals surface area contributed by atoms with Crippen molar-refractivity contribution in [2.75, 3.05) is 19.6 Å². The van der Waals surface area contributed by atoms with Crippen LogP contribution in [0.3, 0.4) is 0 Å². The molecule has 0 N–H and O–H groups in total. The average Bonchev–Trinajstić information content (AvgIpc) is 2.79. The summed E-state index contributed by atoms with van der Waals surface area (Å²) >= 11 is 0. The van der Waals surface area contributed by atoms with Gasteiger partial charge in [-0.05, 0) is 57.7 Å². The van der Waals surface area contributed by atoms with Gasteiger partial charge in [0.05, 0.1) is 19.6 Å². The van der Waals surface area contributed by atoms with E-state index in [4.69, 9.17) is 0 Å². The van der Waals surface area contributed by atoms with Crippen molar-refractivity contribution in [2.24, 2.45) is 0 Å². The summed E-state index contributed by atoms with van der Waals surface area (Å²) in [6.45, 7) is 16.5. The summed E-state index contributed by atoms with van der Waals surface area (Å²) in [7, 11) is 0. The highest BCUT2D eigenvalue weighted by Gasteiger charge is 2.22. The van der Waals surface area contributed by atoms with Crippen molar-refractivity contribution in [3.05, 3.63) is 34.9 Å². The molecule has 0 fully saturated rings. The summed E-state index contributed by atoms with van der Waals surface area (Å²) in [5.41, 5.74) is 4.61. The first-order valence-electron chi connectivity index (χ1n) is 14.0. The molecule has 32 heavy (non-hydrogen) atoms. The summed E-state index contributed by atoms with van der Waals surface area (Å²) in [6.07, 6.45) is 21.4. The quantitative estimate of drug-likeness (QED) is 0.154. The zero-order chi connectivity index (χ0) is 22.8. The number of hydrogen-bond donors (Lipinski definition) is 0. The summed E-state index contributed by atoms with van der Waals surface area (Å²) < 4.78 is 1.21. The second kappa shape index (κ2) is 19.9. The summed E-state index contributed by atoms with van der Waals surface area (Å²) in [6, 6.07) is 7.26. The SMILES string of the molecule is CCCCCCCCCCCCCCCCc1ccc(C)c(C[N+](CC)(CC)CC)c1.[Cl-]. The molecule has 0 aromatic heterocycles. The van der Waals surface area contributed by atoms with Gasteiger partial charge in [0.25, 0.3) is 0 Å². The third-order valence-electron chi connectivity index (χ3n) is 7.75. The van der Waals surface area contributed by atoms with Crippen molar-refractivity contribution < 1.29 is 16.9 Å². The molecule has 1 nitrogen and oxygen atoms in total. The van der Waals surface area contributed by atoms with Crippen molar-refractivity contribution in [3.63, 3.8) is 0 Å². The van der Waals surface area contributed by atoms with Crippen LogP contribution in [0.5, 0.6) is 0 Å². The minimum atomic E-state index is 0. The van der Waals surface area contributed by atoms with Crippen LogP contribution < -0.4 is 12.4 Å². The molecule has 1 aromatic carbocycles. The van der Waals surface area contributed by atoms with Crippen molar-refractivity contribution in [1.29, 1.82) is 0 Å². The zero-order valence-electron chi connectivity index (χ0n) is 22.5. The summed E-state index contributed by atoms with van der Waals surface area (Å²) in [4.78, 5) is 0. The topological polar surface area (TPSA) is 0 Å². The van der Waals surface area contributed by atoms with Gasteiger partial charge >= 0.3 is 0 Å². The third-order valence-corrected chi connectivity index (χ3v) is 7.75. The lowest BCUT2D eigenvalue weighted by Gasteiger charge is -2.36. The van der Waals surface area contributed by atoms with E-state index in [2.05, 4.69) is 52.8 Å². The number of benzene rings is 1. The van der Waals surface area contributed by atoms with Crippen molar-refractivity contribution >= 4 is 0 Å². The Bertz CT molecular complexity index is 541. The lowest BCUT2D eigenvalue weighted by molar-refractivity contribution is -0.936. The predicted octanol–water partition coefficient (Wildman–Crippen LogP) is 6.40. The van der Waals surface area contributed by atoms with Crippen LogP contribution in [-0.2, 0) is 13.0 Å². The molecule has 0 aliphatic carbocycles. The Morgan fingerprint density at radius 1 is 0.594 bits per heavy atom. The molecule has 0 saturated carbocycles. The van der Waals surface area contributed by atoms with E-state index in [9.17, 15) is 0 Å². The average molecular weight is 466 g/mol. The molecule has 1 aromatic rings. The maximum atomic E-state index is 2.52. The second-order valence-electron chi connectivity index (χ2n) is 10.1. The van der Waals surface area contributed by atoms with Gasteiger partial charge in [-0.15, -0.1) is 0 Å². The Kier molecular flexibility index (Phi) is 19.6. The molecule has 0 saturated heterocycles. The minimum absolute atomic E-state index is 0. The number of nitrogens with zero attached hydrogens (tertiary/aromatic N) is 1. The Morgan fingerprint density at radius 3 is 1.47 bits per heavy atom. The molecule has 0 spiro atoms.